The molecular formula is C16H20FNO2. The van der Waals surface area contributed by atoms with E-state index in [9.17, 15) is 14.0 Å². The van der Waals surface area contributed by atoms with Crippen LogP contribution in [0.4, 0.5) is 4.39 Å². The summed E-state index contributed by atoms with van der Waals surface area (Å²) >= 11 is 0. The molecule has 0 amide bonds. The third-order valence-corrected chi connectivity index (χ3v) is 3.92. The third kappa shape index (κ3) is 3.73. The molecule has 1 aromatic carbocycles. The molecule has 1 unspecified atom stereocenters. The summed E-state index contributed by atoms with van der Waals surface area (Å²) in [6, 6.07) is 5.65. The van der Waals surface area contributed by atoms with Gasteiger partial charge in [0, 0.05) is 44.0 Å². The number of ketones is 2. The molecule has 1 fully saturated rings. The van der Waals surface area contributed by atoms with Crippen molar-refractivity contribution >= 4 is 11.6 Å². The van der Waals surface area contributed by atoms with Gasteiger partial charge in [-0.05, 0) is 30.7 Å². The van der Waals surface area contributed by atoms with Gasteiger partial charge in [-0.15, -0.1) is 0 Å². The van der Waals surface area contributed by atoms with Crippen molar-refractivity contribution in [3.05, 3.63) is 35.6 Å². The lowest BCUT2D eigenvalue weighted by molar-refractivity contribution is -0.126. The minimum atomic E-state index is -0.332. The van der Waals surface area contributed by atoms with Crippen LogP contribution in [-0.2, 0) is 4.79 Å². The van der Waals surface area contributed by atoms with E-state index in [-0.39, 0.29) is 17.5 Å². The minimum Gasteiger partial charge on any atom is -0.302 e. The van der Waals surface area contributed by atoms with Crippen LogP contribution in [0.25, 0.3) is 0 Å². The van der Waals surface area contributed by atoms with Crippen LogP contribution in [0, 0.1) is 11.7 Å². The third-order valence-electron chi connectivity index (χ3n) is 3.92. The van der Waals surface area contributed by atoms with E-state index in [2.05, 4.69) is 4.90 Å². The summed E-state index contributed by atoms with van der Waals surface area (Å²) in [4.78, 5) is 25.8. The van der Waals surface area contributed by atoms with Crippen molar-refractivity contribution in [2.45, 2.75) is 26.2 Å². The molecule has 4 heteroatoms. The molecule has 3 nitrogen and oxygen atoms in total. The highest BCUT2D eigenvalue weighted by molar-refractivity contribution is 5.96. The Balaban J connectivity index is 1.84. The van der Waals surface area contributed by atoms with E-state index < -0.39 is 0 Å². The van der Waals surface area contributed by atoms with E-state index in [0.29, 0.717) is 30.7 Å². The Kier molecular flexibility index (Phi) is 5.01. The molecule has 0 aliphatic carbocycles. The van der Waals surface area contributed by atoms with Gasteiger partial charge in [0.25, 0.3) is 0 Å². The van der Waals surface area contributed by atoms with Crippen molar-refractivity contribution in [3.63, 3.8) is 0 Å². The van der Waals surface area contributed by atoms with E-state index in [0.717, 1.165) is 19.5 Å². The molecule has 1 aromatic rings. The van der Waals surface area contributed by atoms with Gasteiger partial charge < -0.3 is 4.90 Å². The maximum Gasteiger partial charge on any atom is 0.164 e. The van der Waals surface area contributed by atoms with Crippen molar-refractivity contribution in [2.75, 3.05) is 19.6 Å². The van der Waals surface area contributed by atoms with Crippen molar-refractivity contribution in [3.8, 4) is 0 Å². The first-order valence-electron chi connectivity index (χ1n) is 7.14. The van der Waals surface area contributed by atoms with Crippen molar-refractivity contribution in [1.82, 2.24) is 4.90 Å². The van der Waals surface area contributed by atoms with Crippen LogP contribution >= 0.6 is 0 Å². The normalized spacial score (nSPS) is 20.1. The van der Waals surface area contributed by atoms with Crippen LogP contribution in [0.3, 0.4) is 0 Å². The summed E-state index contributed by atoms with van der Waals surface area (Å²) in [7, 11) is 0. The largest absolute Gasteiger partial charge is 0.302 e. The summed E-state index contributed by atoms with van der Waals surface area (Å²) in [5.41, 5.74) is 0.548. The number of hydrogen-bond donors (Lipinski definition) is 0. The van der Waals surface area contributed by atoms with Crippen molar-refractivity contribution in [1.29, 1.82) is 0 Å². The van der Waals surface area contributed by atoms with Gasteiger partial charge >= 0.3 is 0 Å². The number of halogens is 1. The van der Waals surface area contributed by atoms with E-state index in [1.807, 2.05) is 6.92 Å². The molecule has 0 spiro atoms. The molecule has 1 saturated heterocycles. The Morgan fingerprint density at radius 3 is 2.70 bits per heavy atom. The molecule has 1 heterocycles. The SMILES string of the molecule is CCC1CN(CCC(=O)c2ccc(F)cc2)CCC1=O. The fourth-order valence-electron chi connectivity index (χ4n) is 2.58. The predicted molar refractivity (Wildman–Crippen MR) is 75.2 cm³/mol. The van der Waals surface area contributed by atoms with E-state index in [1.54, 1.807) is 0 Å². The maximum absolute atomic E-state index is 12.8. The lowest BCUT2D eigenvalue weighted by Gasteiger charge is -2.31. The molecule has 0 N–H and O–H groups in total. The van der Waals surface area contributed by atoms with E-state index in [1.165, 1.54) is 24.3 Å². The number of carbonyl (C=O) groups excluding carboxylic acids is 2. The number of benzene rings is 1. The number of nitrogens with zero attached hydrogens (tertiary/aromatic N) is 1. The van der Waals surface area contributed by atoms with Crippen LogP contribution < -0.4 is 0 Å². The minimum absolute atomic E-state index is 0.0231. The number of piperidine rings is 1. The molecule has 2 rings (SSSR count). The number of hydrogen-bond acceptors (Lipinski definition) is 3. The van der Waals surface area contributed by atoms with Crippen LogP contribution in [0.5, 0.6) is 0 Å². The highest BCUT2D eigenvalue weighted by atomic mass is 19.1. The first-order chi connectivity index (χ1) is 9.60. The molecule has 20 heavy (non-hydrogen) atoms. The van der Waals surface area contributed by atoms with Gasteiger partial charge in [-0.2, -0.15) is 0 Å². The topological polar surface area (TPSA) is 37.4 Å². The summed E-state index contributed by atoms with van der Waals surface area (Å²) < 4.78 is 12.8. The van der Waals surface area contributed by atoms with Crippen molar-refractivity contribution < 1.29 is 14.0 Å². The Bertz CT molecular complexity index is 484. The lowest BCUT2D eigenvalue weighted by Crippen LogP contribution is -2.41. The van der Waals surface area contributed by atoms with Crippen LogP contribution in [0.1, 0.15) is 36.5 Å². The molecule has 0 saturated carbocycles. The van der Waals surface area contributed by atoms with Gasteiger partial charge in [-0.25, -0.2) is 4.39 Å². The Morgan fingerprint density at radius 2 is 2.05 bits per heavy atom. The zero-order chi connectivity index (χ0) is 14.5. The van der Waals surface area contributed by atoms with Crippen LogP contribution in [0.15, 0.2) is 24.3 Å². The van der Waals surface area contributed by atoms with Gasteiger partial charge in [-0.3, -0.25) is 9.59 Å². The van der Waals surface area contributed by atoms with Crippen molar-refractivity contribution in [2.24, 2.45) is 5.92 Å². The summed E-state index contributed by atoms with van der Waals surface area (Å²) in [5.74, 6) is 0.148. The number of carbonyl (C=O) groups is 2. The molecule has 108 valence electrons. The first-order valence-corrected chi connectivity index (χ1v) is 7.14. The molecule has 1 aliphatic heterocycles. The smallest absolute Gasteiger partial charge is 0.164 e. The quantitative estimate of drug-likeness (QED) is 0.777. The fourth-order valence-corrected chi connectivity index (χ4v) is 2.58. The summed E-state index contributed by atoms with van der Waals surface area (Å²) in [5, 5.41) is 0. The fraction of sp³-hybridized carbons (Fsp3) is 0.500. The second kappa shape index (κ2) is 6.75. The lowest BCUT2D eigenvalue weighted by atomic mass is 9.94. The van der Waals surface area contributed by atoms with Gasteiger partial charge in [0.1, 0.15) is 11.6 Å². The second-order valence-corrected chi connectivity index (χ2v) is 5.30. The number of rotatable bonds is 5. The highest BCUT2D eigenvalue weighted by Crippen LogP contribution is 2.16. The Labute approximate surface area is 118 Å². The Morgan fingerprint density at radius 1 is 1.35 bits per heavy atom. The first kappa shape index (κ1) is 14.9. The number of likely N-dealkylation sites (tertiary alicyclic amines) is 1. The maximum atomic E-state index is 12.8. The average Bonchev–Trinajstić information content (AvgIpc) is 2.46. The summed E-state index contributed by atoms with van der Waals surface area (Å²) in [6.07, 6.45) is 1.86. The monoisotopic (exact) mass is 277 g/mol. The standard InChI is InChI=1S/C16H20FNO2/c1-2-12-11-18(9-7-15(12)19)10-8-16(20)13-3-5-14(17)6-4-13/h3-6,12H,2,7-11H2,1H3. The molecule has 1 atom stereocenters. The zero-order valence-electron chi connectivity index (χ0n) is 11.8. The van der Waals surface area contributed by atoms with Gasteiger partial charge in [0.05, 0.1) is 0 Å². The van der Waals surface area contributed by atoms with Gasteiger partial charge in [-0.1, -0.05) is 6.92 Å². The molecular weight excluding hydrogens is 257 g/mol. The zero-order valence-corrected chi connectivity index (χ0v) is 11.8. The molecule has 1 aliphatic rings. The van der Waals surface area contributed by atoms with Gasteiger partial charge in [0.2, 0.25) is 0 Å². The number of Topliss-reactive ketones (excluding diaryl/α,β-unsaturated/α-hetero) is 2. The van der Waals surface area contributed by atoms with Gasteiger partial charge in [0.15, 0.2) is 5.78 Å². The van der Waals surface area contributed by atoms with E-state index in [4.69, 9.17) is 0 Å². The molecule has 0 bridgehead atoms. The predicted octanol–water partition coefficient (Wildman–Crippen LogP) is 2.70. The highest BCUT2D eigenvalue weighted by Gasteiger charge is 2.25. The average molecular weight is 277 g/mol. The summed E-state index contributed by atoms with van der Waals surface area (Å²) in [6.45, 7) is 4.19. The Hall–Kier alpha value is -1.55. The second-order valence-electron chi connectivity index (χ2n) is 5.30. The van der Waals surface area contributed by atoms with Crippen LogP contribution in [-0.4, -0.2) is 36.1 Å². The van der Waals surface area contributed by atoms with Crippen LogP contribution in [0.2, 0.25) is 0 Å². The molecule has 0 aromatic heterocycles. The van der Waals surface area contributed by atoms with E-state index >= 15 is 0 Å². The molecule has 0 radical (unpaired) electrons.